The normalized spacial score (nSPS) is 15.9. The molecule has 0 aromatic rings. The first-order valence-electron chi connectivity index (χ1n) is 4.76. The molecule has 0 bridgehead atoms. The van der Waals surface area contributed by atoms with Crippen molar-refractivity contribution in [1.29, 1.82) is 0 Å². The molecule has 0 aliphatic carbocycles. The van der Waals surface area contributed by atoms with E-state index in [1.165, 1.54) is 32.9 Å². The van der Waals surface area contributed by atoms with Crippen LogP contribution in [0.2, 0.25) is 0 Å². The van der Waals surface area contributed by atoms with Gasteiger partial charge in [0.05, 0.1) is 6.10 Å². The van der Waals surface area contributed by atoms with Crippen LogP contribution < -0.4 is 10.6 Å². The van der Waals surface area contributed by atoms with Gasteiger partial charge in [-0.15, -0.1) is 12.4 Å². The topological polar surface area (TPSA) is 61.4 Å². The summed E-state index contributed by atoms with van der Waals surface area (Å²) in [7, 11) is 0. The smallest absolute Gasteiger partial charge is 0.216 e. The molecular weight excluding hydrogens is 204 g/mol. The van der Waals surface area contributed by atoms with Crippen molar-refractivity contribution in [2.45, 2.75) is 32.8 Å². The molecule has 86 valence electrons. The number of carbonyl (C=O) groups is 1. The lowest BCUT2D eigenvalue weighted by Crippen LogP contribution is -2.28. The highest BCUT2D eigenvalue weighted by Crippen LogP contribution is 1.90. The molecule has 0 aromatic heterocycles. The van der Waals surface area contributed by atoms with Gasteiger partial charge in [0.15, 0.2) is 0 Å². The highest BCUT2D eigenvalue weighted by atomic mass is 35.5. The van der Waals surface area contributed by atoms with E-state index in [2.05, 4.69) is 10.6 Å². The number of hydrogen-bond acceptors (Lipinski definition) is 3. The summed E-state index contributed by atoms with van der Waals surface area (Å²) in [5.74, 6) is -0.106. The molecule has 1 atom stereocenters. The molecule has 1 heterocycles. The number of amides is 1. The summed E-state index contributed by atoms with van der Waals surface area (Å²) in [5, 5.41) is 14.3. The van der Waals surface area contributed by atoms with Crippen molar-refractivity contribution in [3.63, 3.8) is 0 Å². The van der Waals surface area contributed by atoms with Gasteiger partial charge in [0.25, 0.3) is 0 Å². The molecule has 0 aromatic carbocycles. The van der Waals surface area contributed by atoms with Gasteiger partial charge in [-0.1, -0.05) is 0 Å². The van der Waals surface area contributed by atoms with E-state index in [0.717, 1.165) is 0 Å². The van der Waals surface area contributed by atoms with Crippen LogP contribution >= 0.6 is 12.4 Å². The third-order valence-corrected chi connectivity index (χ3v) is 1.60. The Labute approximate surface area is 91.9 Å². The minimum Gasteiger partial charge on any atom is -0.392 e. The van der Waals surface area contributed by atoms with Gasteiger partial charge in [-0.3, -0.25) is 4.79 Å². The number of halogens is 1. The Morgan fingerprint density at radius 3 is 2.14 bits per heavy atom. The second-order valence-corrected chi connectivity index (χ2v) is 3.24. The molecule has 5 heteroatoms. The molecule has 1 aliphatic rings. The van der Waals surface area contributed by atoms with Gasteiger partial charge < -0.3 is 15.7 Å². The largest absolute Gasteiger partial charge is 0.392 e. The van der Waals surface area contributed by atoms with E-state index in [0.29, 0.717) is 6.54 Å². The predicted molar refractivity (Wildman–Crippen MR) is 59.7 cm³/mol. The van der Waals surface area contributed by atoms with Crippen molar-refractivity contribution in [3.05, 3.63) is 0 Å². The maximum Gasteiger partial charge on any atom is 0.216 e. The Morgan fingerprint density at radius 1 is 1.50 bits per heavy atom. The van der Waals surface area contributed by atoms with Crippen LogP contribution in [0.15, 0.2) is 0 Å². The second kappa shape index (κ2) is 10.8. The second-order valence-electron chi connectivity index (χ2n) is 3.24. The summed E-state index contributed by atoms with van der Waals surface area (Å²) in [6.07, 6.45) is 2.33. The Kier molecular flexibility index (Phi) is 12.4. The molecule has 1 aliphatic heterocycles. The monoisotopic (exact) mass is 224 g/mol. The van der Waals surface area contributed by atoms with Crippen LogP contribution in [-0.2, 0) is 4.79 Å². The number of hydrogen-bond donors (Lipinski definition) is 3. The quantitative estimate of drug-likeness (QED) is 0.632. The lowest BCUT2D eigenvalue weighted by Gasteiger charge is -2.02. The Balaban J connectivity index is 0. The molecule has 3 N–H and O–H groups in total. The van der Waals surface area contributed by atoms with Gasteiger partial charge in [0, 0.05) is 13.5 Å². The lowest BCUT2D eigenvalue weighted by atomic mass is 10.4. The zero-order valence-corrected chi connectivity index (χ0v) is 9.69. The molecule has 0 unspecified atom stereocenters. The maximum atomic E-state index is 10.1. The number of nitrogens with one attached hydrogen (secondary N) is 2. The van der Waals surface area contributed by atoms with Crippen molar-refractivity contribution in [2.75, 3.05) is 19.6 Å². The van der Waals surface area contributed by atoms with Gasteiger partial charge in [-0.25, -0.2) is 0 Å². The number of rotatable bonds is 2. The summed E-state index contributed by atoms with van der Waals surface area (Å²) in [4.78, 5) is 10.1. The van der Waals surface area contributed by atoms with Crippen LogP contribution in [0.1, 0.15) is 26.7 Å². The molecule has 14 heavy (non-hydrogen) atoms. The van der Waals surface area contributed by atoms with Gasteiger partial charge in [-0.2, -0.15) is 0 Å². The lowest BCUT2D eigenvalue weighted by molar-refractivity contribution is -0.119. The molecule has 1 amide bonds. The third-order valence-electron chi connectivity index (χ3n) is 1.60. The Hall–Kier alpha value is -0.320. The number of carbonyl (C=O) groups excluding carboxylic acids is 1. The fraction of sp³-hybridized carbons (Fsp3) is 0.889. The molecule has 1 rings (SSSR count). The molecule has 0 spiro atoms. The highest BCUT2D eigenvalue weighted by molar-refractivity contribution is 5.85. The van der Waals surface area contributed by atoms with Gasteiger partial charge in [-0.05, 0) is 32.9 Å². The van der Waals surface area contributed by atoms with Crippen molar-refractivity contribution in [1.82, 2.24) is 10.6 Å². The average molecular weight is 225 g/mol. The van der Waals surface area contributed by atoms with Gasteiger partial charge in [0.1, 0.15) is 0 Å². The summed E-state index contributed by atoms with van der Waals surface area (Å²) in [6.45, 7) is 5.88. The molecule has 0 saturated carbocycles. The third kappa shape index (κ3) is 14.2. The summed E-state index contributed by atoms with van der Waals surface area (Å²) < 4.78 is 0. The summed E-state index contributed by atoms with van der Waals surface area (Å²) >= 11 is 0. The zero-order chi connectivity index (χ0) is 10.1. The van der Waals surface area contributed by atoms with Crippen LogP contribution in [0.25, 0.3) is 0 Å². The van der Waals surface area contributed by atoms with Crippen LogP contribution in [0.4, 0.5) is 0 Å². The van der Waals surface area contributed by atoms with Gasteiger partial charge >= 0.3 is 0 Å². The van der Waals surface area contributed by atoms with E-state index in [1.807, 2.05) is 0 Å². The fourth-order valence-electron chi connectivity index (χ4n) is 0.916. The van der Waals surface area contributed by atoms with Crippen molar-refractivity contribution in [3.8, 4) is 0 Å². The van der Waals surface area contributed by atoms with E-state index in [1.54, 1.807) is 6.92 Å². The first-order valence-corrected chi connectivity index (χ1v) is 4.76. The van der Waals surface area contributed by atoms with E-state index in [-0.39, 0.29) is 18.3 Å². The Morgan fingerprint density at radius 2 is 2.00 bits per heavy atom. The van der Waals surface area contributed by atoms with Crippen LogP contribution in [0.5, 0.6) is 0 Å². The van der Waals surface area contributed by atoms with Gasteiger partial charge in [0.2, 0.25) is 5.91 Å². The fourth-order valence-corrected chi connectivity index (χ4v) is 0.916. The standard InChI is InChI=1S/C5H11NO2.C4H9N.ClH/c1-4(7)3-6-5(2)8;1-2-4-5-3-1;/h4,7H,3H2,1-2H3,(H,6,8);5H,1-4H2;1H/t4-;;/m0../s1. The van der Waals surface area contributed by atoms with E-state index in [4.69, 9.17) is 5.11 Å². The minimum absolute atomic E-state index is 0. The van der Waals surface area contributed by atoms with Crippen molar-refractivity contribution < 1.29 is 9.90 Å². The van der Waals surface area contributed by atoms with Crippen molar-refractivity contribution in [2.24, 2.45) is 0 Å². The Bertz CT molecular complexity index is 131. The van der Waals surface area contributed by atoms with Crippen LogP contribution in [0.3, 0.4) is 0 Å². The molecule has 0 radical (unpaired) electrons. The first-order chi connectivity index (χ1) is 6.13. The summed E-state index contributed by atoms with van der Waals surface area (Å²) in [5.41, 5.74) is 0. The SMILES string of the molecule is C1CCNC1.CC(=O)NC[C@H](C)O.Cl. The minimum atomic E-state index is -0.445. The first kappa shape index (κ1) is 16.1. The predicted octanol–water partition coefficient (Wildman–Crippen LogP) is 0.295. The van der Waals surface area contributed by atoms with E-state index >= 15 is 0 Å². The molecule has 4 nitrogen and oxygen atoms in total. The van der Waals surface area contributed by atoms with E-state index in [9.17, 15) is 4.79 Å². The molecule has 1 saturated heterocycles. The van der Waals surface area contributed by atoms with Crippen molar-refractivity contribution >= 4 is 18.3 Å². The maximum absolute atomic E-state index is 10.1. The number of aliphatic hydroxyl groups is 1. The molecule has 1 fully saturated rings. The zero-order valence-electron chi connectivity index (χ0n) is 8.88. The number of aliphatic hydroxyl groups excluding tert-OH is 1. The summed E-state index contributed by atoms with van der Waals surface area (Å²) in [6, 6.07) is 0. The average Bonchev–Trinajstić information content (AvgIpc) is 2.57. The van der Waals surface area contributed by atoms with Crippen LogP contribution in [0, 0.1) is 0 Å². The van der Waals surface area contributed by atoms with E-state index < -0.39 is 6.10 Å². The highest BCUT2D eigenvalue weighted by Gasteiger charge is 1.94. The molecular formula is C9H21ClN2O2. The van der Waals surface area contributed by atoms with Crippen LogP contribution in [-0.4, -0.2) is 36.8 Å².